The number of hydrogen-bond donors (Lipinski definition) is 0. The largest absolute Gasteiger partial charge is 0.0955 e. The van der Waals surface area contributed by atoms with E-state index in [1.165, 1.54) is 44.5 Å². The van der Waals surface area contributed by atoms with Crippen LogP contribution in [0.3, 0.4) is 0 Å². The summed E-state index contributed by atoms with van der Waals surface area (Å²) in [5.74, 6) is 0. The SMILES string of the molecule is C=C1C=C(CCC)c2cc(/C=C\C(C)(C)C)c(C)c(C(=C)CC)c2C1. The van der Waals surface area contributed by atoms with Gasteiger partial charge in [0.15, 0.2) is 0 Å². The van der Waals surface area contributed by atoms with Gasteiger partial charge in [0.05, 0.1) is 0 Å². The molecule has 0 fully saturated rings. The third-order valence-corrected chi connectivity index (χ3v) is 4.93. The first kappa shape index (κ1) is 19.5. The fourth-order valence-electron chi connectivity index (χ4n) is 3.57. The summed E-state index contributed by atoms with van der Waals surface area (Å²) in [5.41, 5.74) is 11.0. The third kappa shape index (κ3) is 4.42. The molecule has 0 heterocycles. The van der Waals surface area contributed by atoms with Crippen molar-refractivity contribution in [1.82, 2.24) is 0 Å². The first-order valence-corrected chi connectivity index (χ1v) is 9.60. The fourth-order valence-corrected chi connectivity index (χ4v) is 3.57. The maximum Gasteiger partial charge on any atom is -0.00193 e. The Kier molecular flexibility index (Phi) is 5.93. The standard InChI is InChI=1S/C25H34/c1-9-11-21-14-17(3)15-23-22(21)16-20(12-13-25(6,7)8)19(5)24(23)18(4)10-2/h12-14,16H,3-4,9-11,15H2,1-2,5-8H3/b13-12-. The lowest BCUT2D eigenvalue weighted by Gasteiger charge is -2.26. The smallest absolute Gasteiger partial charge is 0.00193 e. The molecule has 0 spiro atoms. The van der Waals surface area contributed by atoms with Crippen molar-refractivity contribution >= 4 is 17.2 Å². The molecule has 0 aromatic heterocycles. The first-order valence-electron chi connectivity index (χ1n) is 9.60. The molecule has 0 heteroatoms. The van der Waals surface area contributed by atoms with E-state index < -0.39 is 0 Å². The summed E-state index contributed by atoms with van der Waals surface area (Å²) < 4.78 is 0. The highest BCUT2D eigenvalue weighted by Gasteiger charge is 2.21. The van der Waals surface area contributed by atoms with Gasteiger partial charge in [-0.05, 0) is 76.6 Å². The van der Waals surface area contributed by atoms with Crippen molar-refractivity contribution in [2.45, 2.75) is 67.2 Å². The van der Waals surface area contributed by atoms with Crippen LogP contribution in [0, 0.1) is 12.3 Å². The van der Waals surface area contributed by atoms with Crippen LogP contribution < -0.4 is 0 Å². The molecule has 0 amide bonds. The molecule has 0 aliphatic heterocycles. The Morgan fingerprint density at radius 1 is 1.24 bits per heavy atom. The lowest BCUT2D eigenvalue weighted by atomic mass is 9.78. The van der Waals surface area contributed by atoms with Gasteiger partial charge in [-0.3, -0.25) is 0 Å². The maximum atomic E-state index is 4.39. The Morgan fingerprint density at radius 3 is 2.48 bits per heavy atom. The van der Waals surface area contributed by atoms with Gasteiger partial charge in [0.25, 0.3) is 0 Å². The first-order chi connectivity index (χ1) is 11.7. The van der Waals surface area contributed by atoms with Crippen LogP contribution in [0.25, 0.3) is 17.2 Å². The number of allylic oxidation sites excluding steroid dienone is 5. The van der Waals surface area contributed by atoms with E-state index in [-0.39, 0.29) is 5.41 Å². The Balaban J connectivity index is 2.73. The minimum Gasteiger partial charge on any atom is -0.0955 e. The Labute approximate surface area is 155 Å². The summed E-state index contributed by atoms with van der Waals surface area (Å²) in [5, 5.41) is 0. The topological polar surface area (TPSA) is 0 Å². The van der Waals surface area contributed by atoms with Crippen LogP contribution in [0.15, 0.2) is 36.9 Å². The molecule has 1 aromatic carbocycles. The molecule has 0 atom stereocenters. The number of hydrogen-bond acceptors (Lipinski definition) is 0. The van der Waals surface area contributed by atoms with Crippen molar-refractivity contribution in [2.24, 2.45) is 5.41 Å². The number of rotatable bonds is 5. The monoisotopic (exact) mass is 334 g/mol. The average Bonchev–Trinajstić information content (AvgIpc) is 2.52. The van der Waals surface area contributed by atoms with Crippen molar-refractivity contribution in [3.05, 3.63) is 64.8 Å². The van der Waals surface area contributed by atoms with Gasteiger partial charge >= 0.3 is 0 Å². The average molecular weight is 335 g/mol. The lowest BCUT2D eigenvalue weighted by molar-refractivity contribution is 0.547. The normalized spacial score (nSPS) is 14.6. The zero-order chi connectivity index (χ0) is 18.8. The molecule has 0 nitrogen and oxygen atoms in total. The van der Waals surface area contributed by atoms with E-state index in [2.05, 4.69) is 79.0 Å². The van der Waals surface area contributed by atoms with E-state index in [4.69, 9.17) is 0 Å². The van der Waals surface area contributed by atoms with Gasteiger partial charge in [0.2, 0.25) is 0 Å². The molecule has 25 heavy (non-hydrogen) atoms. The molecule has 0 unspecified atom stereocenters. The van der Waals surface area contributed by atoms with E-state index in [0.717, 1.165) is 25.7 Å². The van der Waals surface area contributed by atoms with Crippen LogP contribution in [-0.4, -0.2) is 0 Å². The molecule has 134 valence electrons. The molecule has 1 aliphatic carbocycles. The highest BCUT2D eigenvalue weighted by atomic mass is 14.3. The van der Waals surface area contributed by atoms with Gasteiger partial charge in [-0.2, -0.15) is 0 Å². The minimum absolute atomic E-state index is 0.181. The van der Waals surface area contributed by atoms with E-state index in [1.807, 2.05) is 0 Å². The van der Waals surface area contributed by atoms with Gasteiger partial charge in [-0.25, -0.2) is 0 Å². The number of fused-ring (bicyclic) bond motifs is 1. The van der Waals surface area contributed by atoms with Crippen LogP contribution in [0.1, 0.15) is 81.7 Å². The van der Waals surface area contributed by atoms with E-state index in [1.54, 1.807) is 0 Å². The Bertz CT molecular complexity index is 745. The quantitative estimate of drug-likeness (QED) is 0.516. The fraction of sp³-hybridized carbons (Fsp3) is 0.440. The van der Waals surface area contributed by atoms with E-state index in [0.29, 0.717) is 0 Å². The summed E-state index contributed by atoms with van der Waals surface area (Å²) in [6.07, 6.45) is 11.1. The van der Waals surface area contributed by atoms with Crippen molar-refractivity contribution in [3.8, 4) is 0 Å². The summed E-state index contributed by atoms with van der Waals surface area (Å²) >= 11 is 0. The van der Waals surface area contributed by atoms with Crippen molar-refractivity contribution in [1.29, 1.82) is 0 Å². The highest BCUT2D eigenvalue weighted by Crippen LogP contribution is 2.39. The minimum atomic E-state index is 0.181. The van der Waals surface area contributed by atoms with Crippen LogP contribution in [-0.2, 0) is 6.42 Å². The second kappa shape index (κ2) is 7.60. The molecule has 1 aromatic rings. The Hall–Kier alpha value is -1.82. The predicted octanol–water partition coefficient (Wildman–Crippen LogP) is 7.77. The third-order valence-electron chi connectivity index (χ3n) is 4.93. The molecule has 0 N–H and O–H groups in total. The molecule has 2 rings (SSSR count). The molecule has 0 saturated carbocycles. The van der Waals surface area contributed by atoms with Crippen molar-refractivity contribution in [2.75, 3.05) is 0 Å². The van der Waals surface area contributed by atoms with Crippen molar-refractivity contribution < 1.29 is 0 Å². The Morgan fingerprint density at radius 2 is 1.92 bits per heavy atom. The van der Waals surface area contributed by atoms with Crippen LogP contribution in [0.4, 0.5) is 0 Å². The molecule has 1 aliphatic rings. The molecule has 0 radical (unpaired) electrons. The zero-order valence-electron chi connectivity index (χ0n) is 17.1. The molecule has 0 saturated heterocycles. The zero-order valence-corrected chi connectivity index (χ0v) is 17.1. The van der Waals surface area contributed by atoms with Crippen molar-refractivity contribution in [3.63, 3.8) is 0 Å². The summed E-state index contributed by atoms with van der Waals surface area (Å²) in [4.78, 5) is 0. The summed E-state index contributed by atoms with van der Waals surface area (Å²) in [6, 6.07) is 2.40. The van der Waals surface area contributed by atoms with E-state index >= 15 is 0 Å². The van der Waals surface area contributed by atoms with Gasteiger partial charge in [-0.1, -0.05) is 78.0 Å². The van der Waals surface area contributed by atoms with Crippen LogP contribution in [0.5, 0.6) is 0 Å². The van der Waals surface area contributed by atoms with Gasteiger partial charge in [0.1, 0.15) is 0 Å². The highest BCUT2D eigenvalue weighted by molar-refractivity contribution is 5.84. The van der Waals surface area contributed by atoms with Crippen LogP contribution >= 0.6 is 0 Å². The van der Waals surface area contributed by atoms with Gasteiger partial charge in [0, 0.05) is 0 Å². The second-order valence-corrected chi connectivity index (χ2v) is 8.40. The predicted molar refractivity (Wildman–Crippen MR) is 115 cm³/mol. The molecular weight excluding hydrogens is 300 g/mol. The molecule has 0 bridgehead atoms. The van der Waals surface area contributed by atoms with E-state index in [9.17, 15) is 0 Å². The van der Waals surface area contributed by atoms with Gasteiger partial charge in [-0.15, -0.1) is 0 Å². The van der Waals surface area contributed by atoms with Gasteiger partial charge < -0.3 is 0 Å². The van der Waals surface area contributed by atoms with Crippen LogP contribution in [0.2, 0.25) is 0 Å². The second-order valence-electron chi connectivity index (χ2n) is 8.40. The summed E-state index contributed by atoms with van der Waals surface area (Å²) in [6.45, 7) is 22.1. The lowest BCUT2D eigenvalue weighted by Crippen LogP contribution is -2.09. The number of benzene rings is 1. The maximum absolute atomic E-state index is 4.39. The summed E-state index contributed by atoms with van der Waals surface area (Å²) in [7, 11) is 0. The molecular formula is C25H34.